The molecule has 1 N–H and O–H groups in total. The topological polar surface area (TPSA) is 33.6 Å². The number of nitrogens with one attached hydrogen (secondary N) is 1. The van der Waals surface area contributed by atoms with Crippen molar-refractivity contribution < 1.29 is 9.13 Å². The van der Waals surface area contributed by atoms with Crippen molar-refractivity contribution in [1.82, 2.24) is 0 Å². The highest BCUT2D eigenvalue weighted by atomic mass is 32.2. The van der Waals surface area contributed by atoms with Gasteiger partial charge in [-0.1, -0.05) is 25.6 Å². The van der Waals surface area contributed by atoms with Gasteiger partial charge in [-0.05, 0) is 18.1 Å². The van der Waals surface area contributed by atoms with E-state index < -0.39 is 0 Å². The second-order valence-corrected chi connectivity index (χ2v) is 5.74. The Balaban J connectivity index is 2.06. The van der Waals surface area contributed by atoms with E-state index in [1.807, 2.05) is 0 Å². The Morgan fingerprint density at radius 1 is 1.50 bits per heavy atom. The normalized spacial score (nSPS) is 18.9. The monoisotopic (exact) mass is 268 g/mol. The minimum atomic E-state index is -0.299. The molecule has 1 aliphatic heterocycles. The first-order valence-corrected chi connectivity index (χ1v) is 6.79. The minimum absolute atomic E-state index is 0.299. The number of hydrogen-bond acceptors (Lipinski definition) is 4. The van der Waals surface area contributed by atoms with E-state index in [-0.39, 0.29) is 5.82 Å². The number of amidine groups is 1. The van der Waals surface area contributed by atoms with Crippen LogP contribution in [0.1, 0.15) is 13.8 Å². The van der Waals surface area contributed by atoms with Crippen LogP contribution in [0.5, 0.6) is 5.75 Å². The summed E-state index contributed by atoms with van der Waals surface area (Å²) in [5.74, 6) is 0.892. The third-order valence-corrected chi connectivity index (χ3v) is 4.29. The second-order valence-electron chi connectivity index (χ2n) is 4.52. The van der Waals surface area contributed by atoms with E-state index >= 15 is 0 Å². The highest BCUT2D eigenvalue weighted by molar-refractivity contribution is 8.15. The lowest BCUT2D eigenvalue weighted by molar-refractivity contribution is 0.414. The van der Waals surface area contributed by atoms with Crippen LogP contribution in [0.4, 0.5) is 10.1 Å². The van der Waals surface area contributed by atoms with Gasteiger partial charge in [-0.15, -0.1) is 0 Å². The van der Waals surface area contributed by atoms with Crippen molar-refractivity contribution in [1.29, 1.82) is 0 Å². The second kappa shape index (κ2) is 5.61. The smallest absolute Gasteiger partial charge is 0.161 e. The zero-order valence-corrected chi connectivity index (χ0v) is 11.6. The maximum absolute atomic E-state index is 13.6. The van der Waals surface area contributed by atoms with Crippen LogP contribution in [0.3, 0.4) is 0 Å². The van der Waals surface area contributed by atoms with E-state index in [1.54, 1.807) is 31.0 Å². The standard InChI is InChI=1S/C13H17FN2OS/c1-8(2)12-7-15-13(18-12)16-11-6-9(17-3)4-5-10(11)14/h4-6,8,12H,7H2,1-3H3,(H,15,16). The van der Waals surface area contributed by atoms with Crippen LogP contribution in [0, 0.1) is 11.7 Å². The maximum Gasteiger partial charge on any atom is 0.161 e. The Morgan fingerprint density at radius 2 is 2.28 bits per heavy atom. The van der Waals surface area contributed by atoms with Crippen LogP contribution >= 0.6 is 11.8 Å². The number of benzene rings is 1. The summed E-state index contributed by atoms with van der Waals surface area (Å²) in [4.78, 5) is 4.39. The summed E-state index contributed by atoms with van der Waals surface area (Å²) < 4.78 is 18.7. The molecule has 5 heteroatoms. The Kier molecular flexibility index (Phi) is 4.11. The molecule has 0 bridgehead atoms. The average molecular weight is 268 g/mol. The van der Waals surface area contributed by atoms with Gasteiger partial charge in [-0.3, -0.25) is 4.99 Å². The first-order chi connectivity index (χ1) is 8.60. The summed E-state index contributed by atoms with van der Waals surface area (Å²) in [7, 11) is 1.56. The Labute approximate surface area is 111 Å². The fourth-order valence-electron chi connectivity index (χ4n) is 1.65. The third kappa shape index (κ3) is 2.96. The van der Waals surface area contributed by atoms with E-state index in [9.17, 15) is 4.39 Å². The number of hydrogen-bond donors (Lipinski definition) is 1. The lowest BCUT2D eigenvalue weighted by Crippen LogP contribution is -2.13. The van der Waals surface area contributed by atoms with Gasteiger partial charge in [0.15, 0.2) is 5.17 Å². The van der Waals surface area contributed by atoms with Gasteiger partial charge < -0.3 is 10.1 Å². The van der Waals surface area contributed by atoms with Crippen molar-refractivity contribution in [3.8, 4) is 5.75 Å². The van der Waals surface area contributed by atoms with Crippen LogP contribution in [0.2, 0.25) is 0 Å². The zero-order valence-electron chi connectivity index (χ0n) is 10.7. The lowest BCUT2D eigenvalue weighted by atomic mass is 10.1. The molecule has 3 nitrogen and oxygen atoms in total. The predicted octanol–water partition coefficient (Wildman–Crippen LogP) is 3.37. The van der Waals surface area contributed by atoms with E-state index in [4.69, 9.17) is 4.74 Å². The molecule has 1 unspecified atom stereocenters. The number of ether oxygens (including phenoxy) is 1. The summed E-state index contributed by atoms with van der Waals surface area (Å²) >= 11 is 1.67. The summed E-state index contributed by atoms with van der Waals surface area (Å²) in [6.45, 7) is 5.13. The molecule has 1 heterocycles. The van der Waals surface area contributed by atoms with E-state index in [0.717, 1.165) is 11.7 Å². The third-order valence-electron chi connectivity index (χ3n) is 2.84. The molecule has 0 aliphatic carbocycles. The molecule has 1 atom stereocenters. The van der Waals surface area contributed by atoms with Crippen LogP contribution < -0.4 is 10.1 Å². The van der Waals surface area contributed by atoms with Crippen LogP contribution in [-0.2, 0) is 0 Å². The molecule has 0 radical (unpaired) electrons. The molecule has 0 amide bonds. The predicted molar refractivity (Wildman–Crippen MR) is 75.1 cm³/mol. The largest absolute Gasteiger partial charge is 0.497 e. The fraction of sp³-hybridized carbons (Fsp3) is 0.462. The maximum atomic E-state index is 13.6. The molecule has 98 valence electrons. The van der Waals surface area contributed by atoms with Crippen LogP contribution in [0.15, 0.2) is 23.2 Å². The van der Waals surface area contributed by atoms with Crippen molar-refractivity contribution in [2.45, 2.75) is 19.1 Å². The summed E-state index contributed by atoms with van der Waals surface area (Å²) in [5.41, 5.74) is 0.407. The molecule has 0 spiro atoms. The highest BCUT2D eigenvalue weighted by Crippen LogP contribution is 2.29. The molecule has 2 rings (SSSR count). The molecule has 0 saturated carbocycles. The zero-order chi connectivity index (χ0) is 13.1. The fourth-order valence-corrected chi connectivity index (χ4v) is 2.68. The molecular weight excluding hydrogens is 251 g/mol. The SMILES string of the molecule is COc1ccc(F)c(NC2=NCC(C(C)C)S2)c1. The number of methoxy groups -OCH3 is 1. The Hall–Kier alpha value is -1.23. The average Bonchev–Trinajstić information content (AvgIpc) is 2.81. The summed E-state index contributed by atoms with van der Waals surface area (Å²) in [6.07, 6.45) is 0. The van der Waals surface area contributed by atoms with Crippen molar-refractivity contribution >= 4 is 22.6 Å². The van der Waals surface area contributed by atoms with Gasteiger partial charge in [0.05, 0.1) is 19.3 Å². The number of rotatable bonds is 3. The van der Waals surface area contributed by atoms with Gasteiger partial charge in [-0.25, -0.2) is 4.39 Å². The number of anilines is 1. The summed E-state index contributed by atoms with van der Waals surface area (Å²) in [5, 5.41) is 4.28. The molecule has 1 aliphatic rings. The van der Waals surface area contributed by atoms with Crippen molar-refractivity contribution in [3.05, 3.63) is 24.0 Å². The van der Waals surface area contributed by atoms with Gasteiger partial charge in [0.2, 0.25) is 0 Å². The van der Waals surface area contributed by atoms with Crippen molar-refractivity contribution in [2.75, 3.05) is 19.0 Å². The molecule has 1 aromatic rings. The number of aliphatic imine (C=N–C) groups is 1. The number of nitrogens with zero attached hydrogens (tertiary/aromatic N) is 1. The molecular formula is C13H17FN2OS. The van der Waals surface area contributed by atoms with Gasteiger partial charge in [0, 0.05) is 11.3 Å². The van der Waals surface area contributed by atoms with Crippen molar-refractivity contribution in [2.24, 2.45) is 10.9 Å². The molecule has 0 saturated heterocycles. The summed E-state index contributed by atoms with van der Waals surface area (Å²) in [6, 6.07) is 4.63. The van der Waals surface area contributed by atoms with Gasteiger partial charge in [-0.2, -0.15) is 0 Å². The minimum Gasteiger partial charge on any atom is -0.497 e. The quantitative estimate of drug-likeness (QED) is 0.912. The molecule has 18 heavy (non-hydrogen) atoms. The number of thioether (sulfide) groups is 1. The highest BCUT2D eigenvalue weighted by Gasteiger charge is 2.23. The van der Waals surface area contributed by atoms with Gasteiger partial charge in [0.1, 0.15) is 11.6 Å². The van der Waals surface area contributed by atoms with Crippen LogP contribution in [0.25, 0.3) is 0 Å². The molecule has 0 fully saturated rings. The van der Waals surface area contributed by atoms with Gasteiger partial charge >= 0.3 is 0 Å². The first kappa shape index (κ1) is 13.2. The van der Waals surface area contributed by atoms with Crippen molar-refractivity contribution in [3.63, 3.8) is 0 Å². The lowest BCUT2D eigenvalue weighted by Gasteiger charge is -2.12. The van der Waals surface area contributed by atoms with E-state index in [0.29, 0.717) is 22.6 Å². The molecule has 0 aromatic heterocycles. The van der Waals surface area contributed by atoms with E-state index in [2.05, 4.69) is 24.2 Å². The molecule has 1 aromatic carbocycles. The van der Waals surface area contributed by atoms with Crippen LogP contribution in [-0.4, -0.2) is 24.1 Å². The van der Waals surface area contributed by atoms with Gasteiger partial charge in [0.25, 0.3) is 0 Å². The Morgan fingerprint density at radius 3 is 2.89 bits per heavy atom. The number of halogens is 1. The Bertz CT molecular complexity index is 462. The van der Waals surface area contributed by atoms with E-state index in [1.165, 1.54) is 6.07 Å². The first-order valence-electron chi connectivity index (χ1n) is 5.92.